The Kier molecular flexibility index (Phi) is 2.74. The molecule has 0 atom stereocenters. The first kappa shape index (κ1) is 10.9. The van der Waals surface area contributed by atoms with E-state index in [1.54, 1.807) is 6.07 Å². The summed E-state index contributed by atoms with van der Waals surface area (Å²) < 4.78 is 0. The predicted molar refractivity (Wildman–Crippen MR) is 57.5 cm³/mol. The summed E-state index contributed by atoms with van der Waals surface area (Å²) in [5.74, 6) is 0.0978. The molecular weight excluding hydrogens is 174 g/mol. The SMILES string of the molecule is Cc1ccc(C(=O)C(C)(C)C)nc1C. The fraction of sp³-hybridized carbons (Fsp3) is 0.500. The molecule has 0 unspecified atom stereocenters. The fourth-order valence-electron chi connectivity index (χ4n) is 1.14. The summed E-state index contributed by atoms with van der Waals surface area (Å²) >= 11 is 0. The second-order valence-electron chi connectivity index (χ2n) is 4.68. The van der Waals surface area contributed by atoms with Gasteiger partial charge in [0.1, 0.15) is 5.69 Å². The molecule has 0 aliphatic carbocycles. The molecule has 0 saturated heterocycles. The third-order valence-corrected chi connectivity index (χ3v) is 2.26. The second kappa shape index (κ2) is 3.52. The smallest absolute Gasteiger partial charge is 0.186 e. The van der Waals surface area contributed by atoms with Crippen molar-refractivity contribution in [3.05, 3.63) is 29.1 Å². The number of aryl methyl sites for hydroxylation is 2. The van der Waals surface area contributed by atoms with Gasteiger partial charge in [0, 0.05) is 11.1 Å². The van der Waals surface area contributed by atoms with Crippen molar-refractivity contribution in [1.29, 1.82) is 0 Å². The number of hydrogen-bond acceptors (Lipinski definition) is 2. The Balaban J connectivity index is 3.10. The number of carbonyl (C=O) groups excluding carboxylic acids is 1. The highest BCUT2D eigenvalue weighted by molar-refractivity contribution is 5.98. The van der Waals surface area contributed by atoms with Crippen LogP contribution in [0.2, 0.25) is 0 Å². The predicted octanol–water partition coefficient (Wildman–Crippen LogP) is 2.93. The third-order valence-electron chi connectivity index (χ3n) is 2.26. The molecule has 14 heavy (non-hydrogen) atoms. The summed E-state index contributed by atoms with van der Waals surface area (Å²) in [5.41, 5.74) is 2.27. The number of Topliss-reactive ketones (excluding diaryl/α,β-unsaturated/α-hetero) is 1. The lowest BCUT2D eigenvalue weighted by Crippen LogP contribution is -2.21. The molecule has 0 N–H and O–H groups in total. The van der Waals surface area contributed by atoms with Crippen LogP contribution in [0, 0.1) is 19.3 Å². The molecule has 2 nitrogen and oxygen atoms in total. The monoisotopic (exact) mass is 191 g/mol. The highest BCUT2D eigenvalue weighted by atomic mass is 16.1. The summed E-state index contributed by atoms with van der Waals surface area (Å²) in [6.07, 6.45) is 0. The lowest BCUT2D eigenvalue weighted by molar-refractivity contribution is 0.0852. The van der Waals surface area contributed by atoms with Crippen LogP contribution in [0.3, 0.4) is 0 Å². The van der Waals surface area contributed by atoms with Crippen molar-refractivity contribution in [3.63, 3.8) is 0 Å². The average molecular weight is 191 g/mol. The lowest BCUT2D eigenvalue weighted by Gasteiger charge is -2.16. The minimum atomic E-state index is -0.352. The van der Waals surface area contributed by atoms with E-state index in [4.69, 9.17) is 0 Å². The number of hydrogen-bond donors (Lipinski definition) is 0. The van der Waals surface area contributed by atoms with E-state index in [1.807, 2.05) is 40.7 Å². The molecule has 0 bridgehead atoms. The average Bonchev–Trinajstić information content (AvgIpc) is 2.07. The maximum absolute atomic E-state index is 11.9. The zero-order chi connectivity index (χ0) is 10.9. The largest absolute Gasteiger partial charge is 0.292 e. The van der Waals surface area contributed by atoms with Crippen molar-refractivity contribution < 1.29 is 4.79 Å². The van der Waals surface area contributed by atoms with Gasteiger partial charge in [0.25, 0.3) is 0 Å². The van der Waals surface area contributed by atoms with Crippen LogP contribution in [0.1, 0.15) is 42.5 Å². The minimum absolute atomic E-state index is 0.0978. The molecule has 0 spiro atoms. The van der Waals surface area contributed by atoms with Crippen molar-refractivity contribution >= 4 is 5.78 Å². The summed E-state index contributed by atoms with van der Waals surface area (Å²) in [7, 11) is 0. The first-order chi connectivity index (χ1) is 6.32. The number of pyridine rings is 1. The highest BCUT2D eigenvalue weighted by Gasteiger charge is 2.23. The van der Waals surface area contributed by atoms with E-state index in [1.165, 1.54) is 0 Å². The van der Waals surface area contributed by atoms with Crippen LogP contribution >= 0.6 is 0 Å². The normalized spacial score (nSPS) is 11.5. The molecule has 0 amide bonds. The van der Waals surface area contributed by atoms with Gasteiger partial charge in [-0.3, -0.25) is 4.79 Å². The van der Waals surface area contributed by atoms with E-state index in [2.05, 4.69) is 4.98 Å². The van der Waals surface area contributed by atoms with Crippen LogP contribution in [0.25, 0.3) is 0 Å². The summed E-state index contributed by atoms with van der Waals surface area (Å²) in [6.45, 7) is 9.65. The van der Waals surface area contributed by atoms with E-state index < -0.39 is 0 Å². The molecule has 2 heteroatoms. The Morgan fingerprint density at radius 3 is 2.21 bits per heavy atom. The minimum Gasteiger partial charge on any atom is -0.292 e. The van der Waals surface area contributed by atoms with Crippen molar-refractivity contribution in [2.24, 2.45) is 5.41 Å². The van der Waals surface area contributed by atoms with Gasteiger partial charge in [0.05, 0.1) is 0 Å². The van der Waals surface area contributed by atoms with Gasteiger partial charge in [-0.1, -0.05) is 26.8 Å². The van der Waals surface area contributed by atoms with Gasteiger partial charge < -0.3 is 0 Å². The van der Waals surface area contributed by atoms with Crippen molar-refractivity contribution in [2.75, 3.05) is 0 Å². The van der Waals surface area contributed by atoms with Gasteiger partial charge in [-0.2, -0.15) is 0 Å². The van der Waals surface area contributed by atoms with Gasteiger partial charge in [-0.25, -0.2) is 4.98 Å². The Morgan fingerprint density at radius 1 is 1.21 bits per heavy atom. The maximum Gasteiger partial charge on any atom is 0.186 e. The standard InChI is InChI=1S/C12H17NO/c1-8-6-7-10(13-9(8)2)11(14)12(3,4)5/h6-7H,1-5H3. The van der Waals surface area contributed by atoms with E-state index in [9.17, 15) is 4.79 Å². The molecule has 0 aliphatic rings. The number of nitrogens with zero attached hydrogens (tertiary/aromatic N) is 1. The molecule has 0 aromatic carbocycles. The number of rotatable bonds is 1. The first-order valence-electron chi connectivity index (χ1n) is 4.81. The lowest BCUT2D eigenvalue weighted by atomic mass is 9.88. The Hall–Kier alpha value is -1.18. The van der Waals surface area contributed by atoms with Crippen molar-refractivity contribution in [3.8, 4) is 0 Å². The van der Waals surface area contributed by atoms with E-state index >= 15 is 0 Å². The Morgan fingerprint density at radius 2 is 1.79 bits per heavy atom. The first-order valence-corrected chi connectivity index (χ1v) is 4.81. The number of aromatic nitrogens is 1. The molecule has 76 valence electrons. The zero-order valence-corrected chi connectivity index (χ0v) is 9.51. The van der Waals surface area contributed by atoms with E-state index in [0.717, 1.165) is 11.3 Å². The molecule has 0 saturated carbocycles. The molecule has 1 aromatic rings. The van der Waals surface area contributed by atoms with Crippen LogP contribution in [0.5, 0.6) is 0 Å². The second-order valence-corrected chi connectivity index (χ2v) is 4.68. The number of ketones is 1. The third kappa shape index (κ3) is 2.19. The topological polar surface area (TPSA) is 30.0 Å². The summed E-state index contributed by atoms with van der Waals surface area (Å²) in [5, 5.41) is 0. The summed E-state index contributed by atoms with van der Waals surface area (Å²) in [6, 6.07) is 3.75. The van der Waals surface area contributed by atoms with Gasteiger partial charge in [0.2, 0.25) is 0 Å². The van der Waals surface area contributed by atoms with Crippen LogP contribution in [0.4, 0.5) is 0 Å². The van der Waals surface area contributed by atoms with Crippen molar-refractivity contribution in [2.45, 2.75) is 34.6 Å². The molecule has 1 rings (SSSR count). The van der Waals surface area contributed by atoms with Crippen LogP contribution in [0.15, 0.2) is 12.1 Å². The van der Waals surface area contributed by atoms with Gasteiger partial charge in [-0.05, 0) is 25.5 Å². The van der Waals surface area contributed by atoms with Gasteiger partial charge in [-0.15, -0.1) is 0 Å². The maximum atomic E-state index is 11.9. The molecule has 0 radical (unpaired) electrons. The van der Waals surface area contributed by atoms with Crippen LogP contribution in [-0.2, 0) is 0 Å². The quantitative estimate of drug-likeness (QED) is 0.639. The van der Waals surface area contributed by atoms with E-state index in [0.29, 0.717) is 5.69 Å². The highest BCUT2D eigenvalue weighted by Crippen LogP contribution is 2.20. The molecule has 0 fully saturated rings. The van der Waals surface area contributed by atoms with Gasteiger partial charge >= 0.3 is 0 Å². The Bertz CT molecular complexity index is 361. The summed E-state index contributed by atoms with van der Waals surface area (Å²) in [4.78, 5) is 16.2. The van der Waals surface area contributed by atoms with E-state index in [-0.39, 0.29) is 11.2 Å². The Labute approximate surface area is 85.4 Å². The van der Waals surface area contributed by atoms with Crippen LogP contribution < -0.4 is 0 Å². The fourth-order valence-corrected chi connectivity index (χ4v) is 1.14. The van der Waals surface area contributed by atoms with Crippen molar-refractivity contribution in [1.82, 2.24) is 4.98 Å². The number of carbonyl (C=O) groups is 1. The van der Waals surface area contributed by atoms with Gasteiger partial charge in [0.15, 0.2) is 5.78 Å². The zero-order valence-electron chi connectivity index (χ0n) is 9.51. The van der Waals surface area contributed by atoms with Crippen LogP contribution in [-0.4, -0.2) is 10.8 Å². The molecule has 1 heterocycles. The molecule has 0 aliphatic heterocycles. The molecule has 1 aromatic heterocycles. The molecular formula is C12H17NO.